The number of nitrogens with zero attached hydrogens (tertiary/aromatic N) is 3. The second-order valence-corrected chi connectivity index (χ2v) is 6.18. The van der Waals surface area contributed by atoms with Crippen molar-refractivity contribution in [2.75, 3.05) is 12.4 Å². The third-order valence-electron chi connectivity index (χ3n) is 4.00. The summed E-state index contributed by atoms with van der Waals surface area (Å²) >= 11 is 6.21. The van der Waals surface area contributed by atoms with Gasteiger partial charge in [-0.3, -0.25) is 4.98 Å². The molecule has 134 valence electrons. The molecule has 2 aromatic carbocycles. The summed E-state index contributed by atoms with van der Waals surface area (Å²) in [5, 5.41) is 4.23. The summed E-state index contributed by atoms with van der Waals surface area (Å²) in [5.41, 5.74) is 1.89. The van der Waals surface area contributed by atoms with Crippen molar-refractivity contribution in [2.24, 2.45) is 0 Å². The summed E-state index contributed by atoms with van der Waals surface area (Å²) in [6.07, 6.45) is 3.37. The van der Waals surface area contributed by atoms with Crippen molar-refractivity contribution >= 4 is 34.0 Å². The molecule has 5 nitrogen and oxygen atoms in total. The van der Waals surface area contributed by atoms with Gasteiger partial charge in [-0.05, 0) is 48.5 Å². The Morgan fingerprint density at radius 2 is 1.96 bits per heavy atom. The highest BCUT2D eigenvalue weighted by atomic mass is 35.5. The average molecular weight is 381 g/mol. The van der Waals surface area contributed by atoms with E-state index in [2.05, 4.69) is 20.3 Å². The Balaban J connectivity index is 1.91. The molecule has 2 aromatic heterocycles. The minimum absolute atomic E-state index is 0.383. The van der Waals surface area contributed by atoms with Gasteiger partial charge >= 0.3 is 0 Å². The van der Waals surface area contributed by atoms with E-state index in [1.165, 1.54) is 18.2 Å². The van der Waals surface area contributed by atoms with Crippen molar-refractivity contribution in [2.45, 2.75) is 0 Å². The van der Waals surface area contributed by atoms with E-state index in [-0.39, 0.29) is 0 Å². The number of anilines is 2. The zero-order valence-electron chi connectivity index (χ0n) is 14.3. The van der Waals surface area contributed by atoms with Gasteiger partial charge in [0, 0.05) is 23.3 Å². The van der Waals surface area contributed by atoms with E-state index >= 15 is 0 Å². The van der Waals surface area contributed by atoms with Gasteiger partial charge in [0.15, 0.2) is 5.82 Å². The maximum atomic E-state index is 13.7. The lowest BCUT2D eigenvalue weighted by atomic mass is 10.2. The molecule has 2 heterocycles. The Bertz CT molecular complexity index is 1120. The second-order valence-electron chi connectivity index (χ2n) is 5.77. The van der Waals surface area contributed by atoms with Gasteiger partial charge in [0.05, 0.1) is 23.3 Å². The van der Waals surface area contributed by atoms with Crippen LogP contribution in [-0.4, -0.2) is 22.1 Å². The zero-order chi connectivity index (χ0) is 18.8. The van der Waals surface area contributed by atoms with E-state index in [0.717, 1.165) is 10.9 Å². The molecule has 4 aromatic rings. The number of nitrogens with one attached hydrogen (secondary N) is 1. The first-order chi connectivity index (χ1) is 13.1. The maximum Gasteiger partial charge on any atom is 0.163 e. The van der Waals surface area contributed by atoms with E-state index in [0.29, 0.717) is 33.6 Å². The van der Waals surface area contributed by atoms with Gasteiger partial charge in [-0.2, -0.15) is 0 Å². The van der Waals surface area contributed by atoms with Crippen molar-refractivity contribution in [3.8, 4) is 17.1 Å². The number of aromatic nitrogens is 3. The summed E-state index contributed by atoms with van der Waals surface area (Å²) in [6, 6.07) is 13.3. The summed E-state index contributed by atoms with van der Waals surface area (Å²) in [4.78, 5) is 13.3. The van der Waals surface area contributed by atoms with Crippen LogP contribution in [0.5, 0.6) is 5.75 Å². The first-order valence-electron chi connectivity index (χ1n) is 8.12. The van der Waals surface area contributed by atoms with E-state index in [9.17, 15) is 4.39 Å². The first-order valence-corrected chi connectivity index (χ1v) is 8.50. The molecule has 0 saturated heterocycles. The molecule has 7 heteroatoms. The van der Waals surface area contributed by atoms with Gasteiger partial charge < -0.3 is 10.1 Å². The molecular weight excluding hydrogens is 367 g/mol. The van der Waals surface area contributed by atoms with Crippen LogP contribution >= 0.6 is 11.6 Å². The zero-order valence-corrected chi connectivity index (χ0v) is 15.0. The van der Waals surface area contributed by atoms with Crippen LogP contribution in [0.15, 0.2) is 60.9 Å². The van der Waals surface area contributed by atoms with Crippen molar-refractivity contribution in [3.05, 3.63) is 71.8 Å². The normalized spacial score (nSPS) is 10.8. The highest BCUT2D eigenvalue weighted by Crippen LogP contribution is 2.32. The van der Waals surface area contributed by atoms with Crippen molar-refractivity contribution < 1.29 is 9.13 Å². The Morgan fingerprint density at radius 3 is 2.74 bits per heavy atom. The maximum absolute atomic E-state index is 13.7. The third-order valence-corrected chi connectivity index (χ3v) is 4.33. The number of benzene rings is 2. The molecule has 0 saturated carbocycles. The van der Waals surface area contributed by atoms with Crippen LogP contribution in [0.25, 0.3) is 22.3 Å². The Morgan fingerprint density at radius 1 is 1.07 bits per heavy atom. The van der Waals surface area contributed by atoms with Crippen LogP contribution in [0, 0.1) is 5.82 Å². The van der Waals surface area contributed by atoms with Gasteiger partial charge in [0.25, 0.3) is 0 Å². The van der Waals surface area contributed by atoms with Gasteiger partial charge in [-0.1, -0.05) is 11.6 Å². The largest absolute Gasteiger partial charge is 0.497 e. The lowest BCUT2D eigenvalue weighted by molar-refractivity contribution is 0.415. The molecule has 0 unspecified atom stereocenters. The molecule has 0 radical (unpaired) electrons. The molecule has 0 aliphatic carbocycles. The van der Waals surface area contributed by atoms with E-state index in [4.69, 9.17) is 16.3 Å². The number of halogens is 2. The van der Waals surface area contributed by atoms with E-state index in [1.54, 1.807) is 19.5 Å². The second kappa shape index (κ2) is 7.17. The molecule has 0 spiro atoms. The monoisotopic (exact) mass is 380 g/mol. The summed E-state index contributed by atoms with van der Waals surface area (Å²) in [7, 11) is 1.59. The molecule has 27 heavy (non-hydrogen) atoms. The van der Waals surface area contributed by atoms with Crippen LogP contribution in [0.3, 0.4) is 0 Å². The fourth-order valence-electron chi connectivity index (χ4n) is 2.67. The van der Waals surface area contributed by atoms with E-state index in [1.807, 2.05) is 30.3 Å². The van der Waals surface area contributed by atoms with Crippen molar-refractivity contribution in [1.29, 1.82) is 0 Å². The van der Waals surface area contributed by atoms with Gasteiger partial charge in [0.2, 0.25) is 0 Å². The summed E-state index contributed by atoms with van der Waals surface area (Å²) in [6.45, 7) is 0. The number of rotatable bonds is 4. The van der Waals surface area contributed by atoms with E-state index < -0.39 is 5.82 Å². The van der Waals surface area contributed by atoms with Crippen molar-refractivity contribution in [3.63, 3.8) is 0 Å². The first kappa shape index (κ1) is 17.2. The van der Waals surface area contributed by atoms with Crippen LogP contribution in [-0.2, 0) is 0 Å². The topological polar surface area (TPSA) is 59.9 Å². The molecule has 0 aliphatic heterocycles. The molecule has 1 N–H and O–H groups in total. The van der Waals surface area contributed by atoms with Crippen LogP contribution in [0.2, 0.25) is 5.02 Å². The Kier molecular flexibility index (Phi) is 4.56. The average Bonchev–Trinajstić information content (AvgIpc) is 2.71. The number of hydrogen-bond donors (Lipinski definition) is 1. The van der Waals surface area contributed by atoms with Crippen LogP contribution < -0.4 is 10.1 Å². The number of methoxy groups -OCH3 is 1. The van der Waals surface area contributed by atoms with Gasteiger partial charge in [0.1, 0.15) is 17.4 Å². The predicted molar refractivity (Wildman–Crippen MR) is 104 cm³/mol. The molecule has 4 rings (SSSR count). The Labute approximate surface area is 159 Å². The molecule has 0 atom stereocenters. The van der Waals surface area contributed by atoms with Gasteiger partial charge in [-0.15, -0.1) is 0 Å². The lowest BCUT2D eigenvalue weighted by Crippen LogP contribution is -2.00. The highest BCUT2D eigenvalue weighted by Gasteiger charge is 2.13. The quantitative estimate of drug-likeness (QED) is 0.525. The number of fused-ring (bicyclic) bond motifs is 1. The number of hydrogen-bond acceptors (Lipinski definition) is 5. The fraction of sp³-hybridized carbons (Fsp3) is 0.0500. The van der Waals surface area contributed by atoms with Crippen molar-refractivity contribution in [1.82, 2.24) is 15.0 Å². The smallest absolute Gasteiger partial charge is 0.163 e. The van der Waals surface area contributed by atoms with Crippen LogP contribution in [0.1, 0.15) is 0 Å². The molecule has 0 bridgehead atoms. The molecule has 0 amide bonds. The summed E-state index contributed by atoms with van der Waals surface area (Å²) < 4.78 is 19.0. The third kappa shape index (κ3) is 3.52. The number of pyridine rings is 1. The minimum Gasteiger partial charge on any atom is -0.497 e. The fourth-order valence-corrected chi connectivity index (χ4v) is 2.84. The van der Waals surface area contributed by atoms with Crippen LogP contribution in [0.4, 0.5) is 15.9 Å². The SMILES string of the molecule is COc1ccc2nc(-c3cccnc3)nc(Nc3cc(F)ccc3Cl)c2c1. The molecular formula is C20H14ClFN4O. The lowest BCUT2D eigenvalue weighted by Gasteiger charge is -2.13. The number of ether oxygens (including phenoxy) is 1. The Hall–Kier alpha value is -3.25. The van der Waals surface area contributed by atoms with Gasteiger partial charge in [-0.25, -0.2) is 14.4 Å². The summed E-state index contributed by atoms with van der Waals surface area (Å²) in [5.74, 6) is 1.25. The molecule has 0 aliphatic rings. The molecule has 0 fully saturated rings. The highest BCUT2D eigenvalue weighted by molar-refractivity contribution is 6.33. The predicted octanol–water partition coefficient (Wildman–Crippen LogP) is 5.24. The standard InChI is InChI=1S/C20H14ClFN4O/c1-27-14-5-7-17-15(10-14)20(25-18-9-13(22)4-6-16(18)21)26-19(24-17)12-3-2-8-23-11-12/h2-11H,1H3,(H,24,25,26). The minimum atomic E-state index is -0.398.